The Morgan fingerprint density at radius 3 is 2.68 bits per heavy atom. The Morgan fingerprint density at radius 1 is 1.20 bits per heavy atom. The third-order valence-corrected chi connectivity index (χ3v) is 4.20. The predicted octanol–water partition coefficient (Wildman–Crippen LogP) is 5.00. The highest BCUT2D eigenvalue weighted by Crippen LogP contribution is 2.32. The zero-order chi connectivity index (χ0) is 18.3. The lowest BCUT2D eigenvalue weighted by atomic mass is 10.2. The van der Waals surface area contributed by atoms with Crippen LogP contribution in [0.15, 0.2) is 59.5 Å². The number of methoxy groups -OCH3 is 1. The van der Waals surface area contributed by atoms with Crippen LogP contribution < -0.4 is 10.1 Å². The van der Waals surface area contributed by atoms with E-state index in [-0.39, 0.29) is 0 Å². The Morgan fingerprint density at radius 2 is 1.96 bits per heavy atom. The number of benzene rings is 2. The minimum absolute atomic E-state index is 0.344. The Hall–Kier alpha value is -2.41. The summed E-state index contributed by atoms with van der Waals surface area (Å²) in [5.41, 5.74) is 1.12. The minimum Gasteiger partial charge on any atom is -0.497 e. The molecule has 0 aliphatic heterocycles. The van der Waals surface area contributed by atoms with Crippen LogP contribution in [0.1, 0.15) is 5.56 Å². The van der Waals surface area contributed by atoms with E-state index in [0.29, 0.717) is 28.1 Å². The highest BCUT2D eigenvalue weighted by molar-refractivity contribution is 7.99. The van der Waals surface area contributed by atoms with Gasteiger partial charge in [0.05, 0.1) is 18.6 Å². The lowest BCUT2D eigenvalue weighted by Gasteiger charge is -2.10. The number of carbonyl (C=O) groups is 1. The van der Waals surface area contributed by atoms with Gasteiger partial charge < -0.3 is 10.1 Å². The molecular weight excluding hydrogens is 351 g/mol. The van der Waals surface area contributed by atoms with Gasteiger partial charge in [-0.25, -0.2) is 0 Å². The highest BCUT2D eigenvalue weighted by Gasteiger charge is 2.27. The molecule has 0 aliphatic carbocycles. The van der Waals surface area contributed by atoms with Gasteiger partial charge in [-0.2, -0.15) is 13.2 Å². The number of ether oxygens (including phenoxy) is 1. The molecule has 0 spiro atoms. The first-order valence-electron chi connectivity index (χ1n) is 7.29. The summed E-state index contributed by atoms with van der Waals surface area (Å²) >= 11 is 0.635. The molecule has 7 heteroatoms. The molecule has 0 fully saturated rings. The van der Waals surface area contributed by atoms with Crippen molar-refractivity contribution in [2.24, 2.45) is 0 Å². The topological polar surface area (TPSA) is 38.3 Å². The van der Waals surface area contributed by atoms with Gasteiger partial charge in [0.25, 0.3) is 0 Å². The van der Waals surface area contributed by atoms with Crippen LogP contribution >= 0.6 is 11.8 Å². The van der Waals surface area contributed by atoms with Gasteiger partial charge in [-0.3, -0.25) is 4.79 Å². The molecule has 1 N–H and O–H groups in total. The number of thioether (sulfide) groups is 1. The summed E-state index contributed by atoms with van der Waals surface area (Å²) in [5, 5.41) is 2.60. The van der Waals surface area contributed by atoms with Crippen molar-refractivity contribution in [1.29, 1.82) is 0 Å². The number of hydrogen-bond donors (Lipinski definition) is 1. The molecule has 0 atom stereocenters. The van der Waals surface area contributed by atoms with E-state index < -0.39 is 17.8 Å². The first-order valence-corrected chi connectivity index (χ1v) is 8.27. The van der Waals surface area contributed by atoms with E-state index in [0.717, 1.165) is 5.56 Å². The number of nitrogens with one attached hydrogen (secondary N) is 1. The highest BCUT2D eigenvalue weighted by atomic mass is 32.2. The standard InChI is InChI=1S/C18H16F3NO2S/c1-24-14-6-4-5-13(11-14)9-10-17(23)22-15-7-2-3-8-16(15)25-12-18(19,20)21/h2-11H,12H2,1H3,(H,22,23)/b10-9+. The molecular formula is C18H16F3NO2S. The summed E-state index contributed by atoms with van der Waals surface area (Å²) in [4.78, 5) is 12.4. The molecule has 0 saturated carbocycles. The van der Waals surface area contributed by atoms with E-state index in [4.69, 9.17) is 4.74 Å². The molecule has 3 nitrogen and oxygen atoms in total. The largest absolute Gasteiger partial charge is 0.497 e. The number of hydrogen-bond acceptors (Lipinski definition) is 3. The van der Waals surface area contributed by atoms with Crippen molar-refractivity contribution in [3.8, 4) is 5.75 Å². The lowest BCUT2D eigenvalue weighted by molar-refractivity contribution is -0.111. The zero-order valence-corrected chi connectivity index (χ0v) is 14.2. The van der Waals surface area contributed by atoms with E-state index in [1.54, 1.807) is 55.7 Å². The molecule has 0 radical (unpaired) electrons. The third-order valence-electron chi connectivity index (χ3n) is 3.06. The molecule has 25 heavy (non-hydrogen) atoms. The van der Waals surface area contributed by atoms with Crippen molar-refractivity contribution in [2.75, 3.05) is 18.2 Å². The SMILES string of the molecule is COc1cccc(/C=C/C(=O)Nc2ccccc2SCC(F)(F)F)c1. The number of rotatable bonds is 6. The second-order valence-corrected chi connectivity index (χ2v) is 6.02. The van der Waals surface area contributed by atoms with Gasteiger partial charge in [0, 0.05) is 11.0 Å². The molecule has 1 amide bonds. The maximum atomic E-state index is 12.4. The van der Waals surface area contributed by atoms with Gasteiger partial charge in [0.1, 0.15) is 5.75 Å². The van der Waals surface area contributed by atoms with Crippen molar-refractivity contribution >= 4 is 29.4 Å². The van der Waals surface area contributed by atoms with Crippen molar-refractivity contribution in [2.45, 2.75) is 11.1 Å². The van der Waals surface area contributed by atoms with E-state index >= 15 is 0 Å². The number of alkyl halides is 3. The van der Waals surface area contributed by atoms with Gasteiger partial charge in [-0.05, 0) is 35.9 Å². The van der Waals surface area contributed by atoms with E-state index in [1.807, 2.05) is 0 Å². The number of amides is 1. The van der Waals surface area contributed by atoms with Crippen molar-refractivity contribution in [3.63, 3.8) is 0 Å². The van der Waals surface area contributed by atoms with Gasteiger partial charge in [-0.1, -0.05) is 24.3 Å². The van der Waals surface area contributed by atoms with Gasteiger partial charge in [-0.15, -0.1) is 11.8 Å². The van der Waals surface area contributed by atoms with E-state index in [9.17, 15) is 18.0 Å². The summed E-state index contributed by atoms with van der Waals surface area (Å²) in [6.45, 7) is 0. The fraction of sp³-hybridized carbons (Fsp3) is 0.167. The van der Waals surface area contributed by atoms with Crippen LogP contribution in [0.4, 0.5) is 18.9 Å². The minimum atomic E-state index is -4.27. The third kappa shape index (κ3) is 6.54. The van der Waals surface area contributed by atoms with Crippen LogP contribution in [0.5, 0.6) is 5.75 Å². The molecule has 0 saturated heterocycles. The second kappa shape index (κ2) is 8.62. The smallest absolute Gasteiger partial charge is 0.398 e. The van der Waals surface area contributed by atoms with Gasteiger partial charge in [0.2, 0.25) is 5.91 Å². The summed E-state index contributed by atoms with van der Waals surface area (Å²) in [6.07, 6.45) is -1.35. The molecule has 2 aromatic carbocycles. The molecule has 0 heterocycles. The van der Waals surface area contributed by atoms with Crippen LogP contribution in [-0.4, -0.2) is 24.9 Å². The lowest BCUT2D eigenvalue weighted by Crippen LogP contribution is -2.12. The fourth-order valence-electron chi connectivity index (χ4n) is 1.95. The Bertz CT molecular complexity index is 760. The molecule has 0 aliphatic rings. The zero-order valence-electron chi connectivity index (χ0n) is 13.3. The normalized spacial score (nSPS) is 11.5. The first-order chi connectivity index (χ1) is 11.9. The number of carbonyl (C=O) groups excluding carboxylic acids is 1. The quantitative estimate of drug-likeness (QED) is 0.577. The monoisotopic (exact) mass is 367 g/mol. The Balaban J connectivity index is 2.03. The van der Waals surface area contributed by atoms with Crippen LogP contribution in [-0.2, 0) is 4.79 Å². The molecule has 132 valence electrons. The molecule has 0 bridgehead atoms. The van der Waals surface area contributed by atoms with Crippen molar-refractivity contribution in [1.82, 2.24) is 0 Å². The molecule has 2 aromatic rings. The van der Waals surface area contributed by atoms with Crippen molar-refractivity contribution < 1.29 is 22.7 Å². The summed E-state index contributed by atoms with van der Waals surface area (Å²) in [7, 11) is 1.55. The molecule has 2 rings (SSSR count). The van der Waals surface area contributed by atoms with Crippen molar-refractivity contribution in [3.05, 3.63) is 60.2 Å². The first kappa shape index (κ1) is 18.9. The van der Waals surface area contributed by atoms with Crippen LogP contribution in [0, 0.1) is 0 Å². The second-order valence-electron chi connectivity index (χ2n) is 5.00. The number of halogens is 3. The van der Waals surface area contributed by atoms with Crippen LogP contribution in [0.2, 0.25) is 0 Å². The summed E-state index contributed by atoms with van der Waals surface area (Å²) in [5.74, 6) is -0.779. The van der Waals surface area contributed by atoms with Gasteiger partial charge in [0.15, 0.2) is 0 Å². The Labute approximate surface area is 147 Å². The van der Waals surface area contributed by atoms with Crippen LogP contribution in [0.3, 0.4) is 0 Å². The number of para-hydroxylation sites is 1. The fourth-order valence-corrected chi connectivity index (χ4v) is 2.72. The van der Waals surface area contributed by atoms with Gasteiger partial charge >= 0.3 is 6.18 Å². The van der Waals surface area contributed by atoms with Crippen LogP contribution in [0.25, 0.3) is 6.08 Å². The maximum absolute atomic E-state index is 12.4. The van der Waals surface area contributed by atoms with E-state index in [1.165, 1.54) is 12.1 Å². The van der Waals surface area contributed by atoms with E-state index in [2.05, 4.69) is 5.32 Å². The predicted molar refractivity (Wildman–Crippen MR) is 93.9 cm³/mol. The summed E-state index contributed by atoms with van der Waals surface area (Å²) in [6, 6.07) is 13.5. The molecule has 0 unspecified atom stereocenters. The number of anilines is 1. The average molecular weight is 367 g/mol. The average Bonchev–Trinajstić information content (AvgIpc) is 2.59. The maximum Gasteiger partial charge on any atom is 0.398 e. The summed E-state index contributed by atoms with van der Waals surface area (Å²) < 4.78 is 42.2. The Kier molecular flexibility index (Phi) is 6.52. The molecule has 0 aromatic heterocycles.